The molecule has 0 aliphatic carbocycles. The van der Waals surface area contributed by atoms with Gasteiger partial charge in [0.25, 0.3) is 5.56 Å². The summed E-state index contributed by atoms with van der Waals surface area (Å²) in [7, 11) is 0. The van der Waals surface area contributed by atoms with Crippen molar-refractivity contribution in [3.05, 3.63) is 81.2 Å². The highest BCUT2D eigenvalue weighted by atomic mass is 35.5. The van der Waals surface area contributed by atoms with Crippen LogP contribution in [0.25, 0.3) is 11.4 Å². The molecule has 0 spiro atoms. The highest BCUT2D eigenvalue weighted by Crippen LogP contribution is 2.21. The van der Waals surface area contributed by atoms with Gasteiger partial charge >= 0.3 is 0 Å². The van der Waals surface area contributed by atoms with Gasteiger partial charge < -0.3 is 5.32 Å². The monoisotopic (exact) mass is 409 g/mol. The number of benzene rings is 2. The lowest BCUT2D eigenvalue weighted by molar-refractivity contribution is -0.116. The quantitative estimate of drug-likeness (QED) is 0.630. The van der Waals surface area contributed by atoms with Crippen LogP contribution in [-0.2, 0) is 17.8 Å². The molecule has 0 aliphatic rings. The first-order valence-electron chi connectivity index (χ1n) is 9.64. The van der Waals surface area contributed by atoms with Crippen LogP contribution in [0.2, 0.25) is 5.02 Å². The van der Waals surface area contributed by atoms with E-state index in [9.17, 15) is 9.59 Å². The largest absolute Gasteiger partial charge is 0.325 e. The van der Waals surface area contributed by atoms with Gasteiger partial charge in [0.1, 0.15) is 12.4 Å². The number of aromatic nitrogens is 2. The second kappa shape index (κ2) is 9.05. The molecule has 0 aliphatic heterocycles. The lowest BCUT2D eigenvalue weighted by Gasteiger charge is -2.14. The van der Waals surface area contributed by atoms with Gasteiger partial charge in [-0.1, -0.05) is 56.6 Å². The molecule has 0 bridgehead atoms. The number of hydrogen-bond donors (Lipinski definition) is 1. The Hall–Kier alpha value is -2.92. The minimum Gasteiger partial charge on any atom is -0.325 e. The molecular formula is C23H24ClN3O2. The lowest BCUT2D eigenvalue weighted by Crippen LogP contribution is -2.30. The molecule has 1 heterocycles. The maximum atomic E-state index is 12.7. The van der Waals surface area contributed by atoms with E-state index < -0.39 is 0 Å². The van der Waals surface area contributed by atoms with E-state index in [0.29, 0.717) is 40.1 Å². The van der Waals surface area contributed by atoms with Gasteiger partial charge in [0.2, 0.25) is 5.91 Å². The highest BCUT2D eigenvalue weighted by Gasteiger charge is 2.14. The summed E-state index contributed by atoms with van der Waals surface area (Å²) in [4.78, 5) is 29.9. The molecular weight excluding hydrogens is 386 g/mol. The Kier molecular flexibility index (Phi) is 6.49. The number of carbonyl (C=O) groups excluding carboxylic acids is 1. The van der Waals surface area contributed by atoms with E-state index in [1.54, 1.807) is 18.2 Å². The van der Waals surface area contributed by atoms with E-state index >= 15 is 0 Å². The van der Waals surface area contributed by atoms with Gasteiger partial charge in [0.15, 0.2) is 0 Å². The molecule has 5 nitrogen and oxygen atoms in total. The maximum absolute atomic E-state index is 12.7. The molecule has 1 amide bonds. The van der Waals surface area contributed by atoms with E-state index in [-0.39, 0.29) is 18.0 Å². The Morgan fingerprint density at radius 1 is 1.14 bits per heavy atom. The van der Waals surface area contributed by atoms with Crippen molar-refractivity contribution in [1.82, 2.24) is 9.55 Å². The minimum absolute atomic E-state index is 0.135. The number of amides is 1. The van der Waals surface area contributed by atoms with Gasteiger partial charge in [0.05, 0.1) is 0 Å². The van der Waals surface area contributed by atoms with Crippen molar-refractivity contribution in [2.75, 3.05) is 5.32 Å². The van der Waals surface area contributed by atoms with Crippen molar-refractivity contribution in [3.8, 4) is 11.4 Å². The molecule has 3 aromatic rings. The summed E-state index contributed by atoms with van der Waals surface area (Å²) < 4.78 is 1.38. The third-order valence-corrected chi connectivity index (χ3v) is 4.90. The van der Waals surface area contributed by atoms with Crippen LogP contribution in [0.4, 0.5) is 5.69 Å². The molecule has 1 aromatic heterocycles. The number of carbonyl (C=O) groups is 1. The van der Waals surface area contributed by atoms with E-state index in [1.165, 1.54) is 16.2 Å². The number of hydrogen-bond acceptors (Lipinski definition) is 3. The lowest BCUT2D eigenvalue weighted by atomic mass is 10.0. The zero-order chi connectivity index (χ0) is 21.0. The molecule has 0 saturated carbocycles. The summed E-state index contributed by atoms with van der Waals surface area (Å²) in [5.74, 6) is 0.558. The highest BCUT2D eigenvalue weighted by molar-refractivity contribution is 6.30. The second-order valence-corrected chi connectivity index (χ2v) is 7.62. The average molecular weight is 410 g/mol. The van der Waals surface area contributed by atoms with Crippen molar-refractivity contribution in [2.24, 2.45) is 0 Å². The van der Waals surface area contributed by atoms with Crippen LogP contribution in [0.15, 0.2) is 59.4 Å². The third kappa shape index (κ3) is 5.12. The predicted octanol–water partition coefficient (Wildman–Crippen LogP) is 4.89. The fourth-order valence-corrected chi connectivity index (χ4v) is 3.22. The molecule has 0 unspecified atom stereocenters. The van der Waals surface area contributed by atoms with Gasteiger partial charge in [-0.05, 0) is 42.2 Å². The first-order chi connectivity index (χ1) is 13.9. The summed E-state index contributed by atoms with van der Waals surface area (Å²) in [5.41, 5.74) is 2.98. The summed E-state index contributed by atoms with van der Waals surface area (Å²) >= 11 is 6.11. The van der Waals surface area contributed by atoms with Crippen LogP contribution in [0.1, 0.15) is 37.9 Å². The molecule has 29 heavy (non-hydrogen) atoms. The van der Waals surface area contributed by atoms with Crippen molar-refractivity contribution in [1.29, 1.82) is 0 Å². The van der Waals surface area contributed by atoms with Gasteiger partial charge in [-0.3, -0.25) is 14.2 Å². The zero-order valence-electron chi connectivity index (χ0n) is 16.8. The van der Waals surface area contributed by atoms with Gasteiger partial charge in [-0.15, -0.1) is 0 Å². The Labute approximate surface area is 175 Å². The topological polar surface area (TPSA) is 64.0 Å². The third-order valence-electron chi connectivity index (χ3n) is 4.67. The minimum atomic E-state index is -0.293. The predicted molar refractivity (Wildman–Crippen MR) is 117 cm³/mol. The standard InChI is InChI=1S/C23H24ClN3O2/c1-4-19-13-22(29)27(23(26-19)17-6-5-7-18(24)12-17)14-21(28)25-20-10-8-16(9-11-20)15(2)3/h5-13,15H,4,14H2,1-3H3,(H,25,28). The van der Waals surface area contributed by atoms with E-state index in [4.69, 9.17) is 11.6 Å². The van der Waals surface area contributed by atoms with Crippen LogP contribution in [0.5, 0.6) is 0 Å². The SMILES string of the molecule is CCc1cc(=O)n(CC(=O)Nc2ccc(C(C)C)cc2)c(-c2cccc(Cl)c2)n1. The molecule has 2 aromatic carbocycles. The molecule has 1 N–H and O–H groups in total. The number of anilines is 1. The van der Waals surface area contributed by atoms with E-state index in [1.807, 2.05) is 37.3 Å². The van der Waals surface area contributed by atoms with Crippen LogP contribution < -0.4 is 10.9 Å². The Bertz CT molecular complexity index is 1070. The number of rotatable bonds is 6. The second-order valence-electron chi connectivity index (χ2n) is 7.18. The summed E-state index contributed by atoms with van der Waals surface area (Å²) in [5, 5.41) is 3.39. The molecule has 6 heteroatoms. The van der Waals surface area contributed by atoms with Crippen molar-refractivity contribution in [3.63, 3.8) is 0 Å². The van der Waals surface area contributed by atoms with Crippen LogP contribution >= 0.6 is 11.6 Å². The molecule has 150 valence electrons. The fraction of sp³-hybridized carbons (Fsp3) is 0.261. The van der Waals surface area contributed by atoms with E-state index in [0.717, 1.165) is 0 Å². The summed E-state index contributed by atoms with van der Waals surface area (Å²) in [6.45, 7) is 6.03. The maximum Gasteiger partial charge on any atom is 0.254 e. The Morgan fingerprint density at radius 3 is 2.48 bits per heavy atom. The van der Waals surface area contributed by atoms with Crippen LogP contribution in [-0.4, -0.2) is 15.5 Å². The van der Waals surface area contributed by atoms with Crippen molar-refractivity contribution < 1.29 is 4.79 Å². The summed E-state index contributed by atoms with van der Waals surface area (Å²) in [6.07, 6.45) is 0.623. The smallest absolute Gasteiger partial charge is 0.254 e. The van der Waals surface area contributed by atoms with Gasteiger partial charge in [-0.2, -0.15) is 0 Å². The first-order valence-corrected chi connectivity index (χ1v) is 10.0. The van der Waals surface area contributed by atoms with Crippen molar-refractivity contribution >= 4 is 23.2 Å². The summed E-state index contributed by atoms with van der Waals surface area (Å²) in [6, 6.07) is 16.3. The normalized spacial score (nSPS) is 10.9. The number of halogens is 1. The van der Waals surface area contributed by atoms with E-state index in [2.05, 4.69) is 24.1 Å². The molecule has 0 fully saturated rings. The Balaban J connectivity index is 1.89. The molecule has 0 atom stereocenters. The molecule has 3 rings (SSSR count). The van der Waals surface area contributed by atoms with Crippen LogP contribution in [0.3, 0.4) is 0 Å². The Morgan fingerprint density at radius 2 is 1.86 bits per heavy atom. The molecule has 0 saturated heterocycles. The number of nitrogens with one attached hydrogen (secondary N) is 1. The molecule has 0 radical (unpaired) electrons. The van der Waals surface area contributed by atoms with Crippen LogP contribution in [0, 0.1) is 0 Å². The first kappa shape index (κ1) is 20.8. The van der Waals surface area contributed by atoms with Gasteiger partial charge in [0, 0.05) is 28.0 Å². The number of nitrogens with zero attached hydrogens (tertiary/aromatic N) is 2. The van der Waals surface area contributed by atoms with Crippen molar-refractivity contribution in [2.45, 2.75) is 39.7 Å². The number of aryl methyl sites for hydroxylation is 1. The fourth-order valence-electron chi connectivity index (χ4n) is 3.03. The van der Waals surface area contributed by atoms with Gasteiger partial charge in [-0.25, -0.2) is 4.98 Å². The average Bonchev–Trinajstić information content (AvgIpc) is 2.69. The zero-order valence-corrected chi connectivity index (χ0v) is 17.5.